The van der Waals surface area contributed by atoms with Crippen molar-refractivity contribution < 1.29 is 18.3 Å². The van der Waals surface area contributed by atoms with Crippen LogP contribution in [0.1, 0.15) is 30.9 Å². The van der Waals surface area contributed by atoms with Gasteiger partial charge in [-0.1, -0.05) is 24.3 Å². The third-order valence-corrected chi connectivity index (χ3v) is 7.34. The molecule has 6 rings (SSSR count). The van der Waals surface area contributed by atoms with Crippen LogP contribution in [-0.4, -0.2) is 52.2 Å². The fourth-order valence-electron chi connectivity index (χ4n) is 5.69. The molecule has 0 unspecified atom stereocenters. The van der Waals surface area contributed by atoms with E-state index in [4.69, 9.17) is 9.47 Å². The Labute approximate surface area is 212 Å². The Kier molecular flexibility index (Phi) is 6.11. The molecule has 0 radical (unpaired) electrons. The first-order valence-corrected chi connectivity index (χ1v) is 12.4. The predicted octanol–water partition coefficient (Wildman–Crippen LogP) is 4.47. The molecule has 2 aromatic carbocycles. The van der Waals surface area contributed by atoms with Gasteiger partial charge in [-0.25, -0.2) is 14.6 Å². The zero-order valence-electron chi connectivity index (χ0n) is 20.4. The molecule has 0 N–H and O–H groups in total. The molecular weight excluding hydrogens is 480 g/mol. The summed E-state index contributed by atoms with van der Waals surface area (Å²) in [6, 6.07) is 12.4. The van der Waals surface area contributed by atoms with Crippen LogP contribution in [0, 0.1) is 0 Å². The van der Waals surface area contributed by atoms with Crippen LogP contribution < -0.4 is 15.2 Å². The van der Waals surface area contributed by atoms with Crippen LogP contribution in [0.5, 0.6) is 5.75 Å². The van der Waals surface area contributed by atoms with Gasteiger partial charge in [0.25, 0.3) is 5.56 Å². The van der Waals surface area contributed by atoms with E-state index in [2.05, 4.69) is 14.9 Å². The first-order valence-electron chi connectivity index (χ1n) is 12.4. The van der Waals surface area contributed by atoms with Crippen molar-refractivity contribution in [1.82, 2.24) is 19.3 Å². The second kappa shape index (κ2) is 9.59. The van der Waals surface area contributed by atoms with E-state index in [0.29, 0.717) is 36.5 Å². The number of benzene rings is 2. The normalized spacial score (nSPS) is 19.2. The highest BCUT2D eigenvalue weighted by molar-refractivity contribution is 5.84. The van der Waals surface area contributed by atoms with E-state index in [1.165, 1.54) is 6.07 Å². The molecule has 37 heavy (non-hydrogen) atoms. The molecule has 0 spiro atoms. The third-order valence-electron chi connectivity index (χ3n) is 7.34. The highest BCUT2D eigenvalue weighted by Crippen LogP contribution is 2.37. The van der Waals surface area contributed by atoms with Gasteiger partial charge in [-0.05, 0) is 43.0 Å². The Balaban J connectivity index is 1.37. The lowest BCUT2D eigenvalue weighted by Crippen LogP contribution is -2.34. The van der Waals surface area contributed by atoms with Crippen molar-refractivity contribution in [2.75, 3.05) is 25.2 Å². The van der Waals surface area contributed by atoms with E-state index in [0.717, 1.165) is 36.0 Å². The number of ether oxygens (including phenoxy) is 2. The summed E-state index contributed by atoms with van der Waals surface area (Å²) in [6.07, 6.45) is 6.34. The summed E-state index contributed by atoms with van der Waals surface area (Å²) in [7, 11) is 1.70. The van der Waals surface area contributed by atoms with Gasteiger partial charge < -0.3 is 14.4 Å². The van der Waals surface area contributed by atoms with Crippen molar-refractivity contribution in [3.05, 3.63) is 70.8 Å². The summed E-state index contributed by atoms with van der Waals surface area (Å²) in [5.74, 6) is 0.806. The Morgan fingerprint density at radius 1 is 1.05 bits per heavy atom. The van der Waals surface area contributed by atoms with E-state index in [9.17, 15) is 13.6 Å². The summed E-state index contributed by atoms with van der Waals surface area (Å²) < 4.78 is 39.9. The monoisotopic (exact) mass is 507 g/mol. The van der Waals surface area contributed by atoms with Crippen molar-refractivity contribution >= 4 is 16.9 Å². The zero-order chi connectivity index (χ0) is 25.5. The standard InChI is InChI=1S/C27H27F2N5O3/c1-36-16-19-5-4-11-32(19)27-30-14-18(15-31-27)17-8-9-21-23(13-17)34-22(10-12-33(34)25(21)35)20-6-2-3-7-24(20)37-26(28)29/h2-3,6-9,13-15,19,22,26H,4-5,10-12,16H2,1H3/t19-,22-/m1/s1. The maximum atomic E-state index is 13.1. The third kappa shape index (κ3) is 4.15. The number of hydrogen-bond acceptors (Lipinski definition) is 6. The first kappa shape index (κ1) is 23.6. The fraction of sp³-hybridized carbons (Fsp3) is 0.370. The fourth-order valence-corrected chi connectivity index (χ4v) is 5.69. The highest BCUT2D eigenvalue weighted by atomic mass is 19.3. The summed E-state index contributed by atoms with van der Waals surface area (Å²) in [5.41, 5.74) is 2.97. The molecule has 4 heterocycles. The molecule has 2 aliphatic rings. The smallest absolute Gasteiger partial charge is 0.387 e. The van der Waals surface area contributed by atoms with Crippen molar-refractivity contribution in [1.29, 1.82) is 0 Å². The van der Waals surface area contributed by atoms with Crippen LogP contribution in [0.15, 0.2) is 59.7 Å². The van der Waals surface area contributed by atoms with Crippen LogP contribution >= 0.6 is 0 Å². The number of aromatic nitrogens is 4. The molecule has 2 aromatic heterocycles. The lowest BCUT2D eigenvalue weighted by molar-refractivity contribution is -0.0507. The Morgan fingerprint density at radius 2 is 1.86 bits per heavy atom. The molecule has 0 amide bonds. The van der Waals surface area contributed by atoms with E-state index in [-0.39, 0.29) is 23.4 Å². The van der Waals surface area contributed by atoms with Gasteiger partial charge in [0.05, 0.1) is 29.6 Å². The van der Waals surface area contributed by atoms with Crippen molar-refractivity contribution in [2.24, 2.45) is 0 Å². The van der Waals surface area contributed by atoms with Gasteiger partial charge in [0.2, 0.25) is 5.95 Å². The number of hydrogen-bond donors (Lipinski definition) is 0. The minimum Gasteiger partial charge on any atom is -0.434 e. The highest BCUT2D eigenvalue weighted by Gasteiger charge is 2.30. The van der Waals surface area contributed by atoms with E-state index in [1.54, 1.807) is 42.4 Å². The molecule has 0 saturated carbocycles. The molecule has 4 aromatic rings. The van der Waals surface area contributed by atoms with Crippen LogP contribution in [0.3, 0.4) is 0 Å². The second-order valence-electron chi connectivity index (χ2n) is 9.44. The van der Waals surface area contributed by atoms with Crippen molar-refractivity contribution in [2.45, 2.75) is 44.5 Å². The molecule has 0 aliphatic carbocycles. The quantitative estimate of drug-likeness (QED) is 0.368. The van der Waals surface area contributed by atoms with Gasteiger partial charge in [-0.3, -0.25) is 9.48 Å². The predicted molar refractivity (Wildman–Crippen MR) is 135 cm³/mol. The van der Waals surface area contributed by atoms with Gasteiger partial charge >= 0.3 is 6.61 Å². The summed E-state index contributed by atoms with van der Waals surface area (Å²) in [4.78, 5) is 24.6. The molecule has 192 valence electrons. The number of para-hydroxylation sites is 1. The number of anilines is 1. The number of alkyl halides is 2. The molecule has 2 aliphatic heterocycles. The van der Waals surface area contributed by atoms with Gasteiger partial charge in [-0.15, -0.1) is 0 Å². The summed E-state index contributed by atoms with van der Waals surface area (Å²) >= 11 is 0. The lowest BCUT2D eigenvalue weighted by Gasteiger charge is -2.23. The lowest BCUT2D eigenvalue weighted by atomic mass is 10.0. The van der Waals surface area contributed by atoms with Gasteiger partial charge in [0, 0.05) is 43.7 Å². The number of methoxy groups -OCH3 is 1. The number of rotatable bonds is 7. The average Bonchev–Trinajstić information content (AvgIpc) is 3.61. The van der Waals surface area contributed by atoms with Crippen molar-refractivity contribution in [3.8, 4) is 16.9 Å². The van der Waals surface area contributed by atoms with E-state index < -0.39 is 6.61 Å². The van der Waals surface area contributed by atoms with E-state index >= 15 is 0 Å². The van der Waals surface area contributed by atoms with Crippen molar-refractivity contribution in [3.63, 3.8) is 0 Å². The molecular formula is C27H27F2N5O3. The SMILES string of the molecule is COC[C@H]1CCCN1c1ncc(-c2ccc3c(=O)n4n(c3c2)[C@@H](c2ccccc2OC(F)F)CC4)cn1. The zero-order valence-corrected chi connectivity index (χ0v) is 20.4. The second-order valence-corrected chi connectivity index (χ2v) is 9.44. The molecule has 10 heteroatoms. The topological polar surface area (TPSA) is 74.4 Å². The molecule has 0 bridgehead atoms. The summed E-state index contributed by atoms with van der Waals surface area (Å²) in [6.45, 7) is -0.890. The largest absolute Gasteiger partial charge is 0.434 e. The van der Waals surface area contributed by atoms with Crippen LogP contribution in [0.2, 0.25) is 0 Å². The Hall–Kier alpha value is -3.79. The van der Waals surface area contributed by atoms with Gasteiger partial charge in [-0.2, -0.15) is 8.78 Å². The molecule has 2 atom stereocenters. The first-order chi connectivity index (χ1) is 18.0. The number of nitrogens with zero attached hydrogens (tertiary/aromatic N) is 5. The summed E-state index contributed by atoms with van der Waals surface area (Å²) in [5, 5.41) is 0.581. The minimum atomic E-state index is -2.92. The minimum absolute atomic E-state index is 0.0962. The Morgan fingerprint density at radius 3 is 2.65 bits per heavy atom. The number of halogens is 2. The van der Waals surface area contributed by atoms with Gasteiger partial charge in [0.1, 0.15) is 5.75 Å². The number of fused-ring (bicyclic) bond motifs is 3. The maximum absolute atomic E-state index is 13.1. The van der Waals surface area contributed by atoms with Crippen LogP contribution in [0.25, 0.3) is 22.0 Å². The van der Waals surface area contributed by atoms with E-state index in [1.807, 2.05) is 22.9 Å². The molecule has 1 fully saturated rings. The van der Waals surface area contributed by atoms with Crippen LogP contribution in [0.4, 0.5) is 14.7 Å². The molecule has 1 saturated heterocycles. The molecule has 8 nitrogen and oxygen atoms in total. The van der Waals surface area contributed by atoms with Crippen LogP contribution in [-0.2, 0) is 11.3 Å². The maximum Gasteiger partial charge on any atom is 0.387 e. The van der Waals surface area contributed by atoms with Gasteiger partial charge in [0.15, 0.2) is 0 Å². The average molecular weight is 508 g/mol. The Bertz CT molecular complexity index is 1480.